The predicted molar refractivity (Wildman–Crippen MR) is 43.6 cm³/mol. The fraction of sp³-hybridized carbons (Fsp3) is 0.111. The third kappa shape index (κ3) is 1.45. The molecule has 1 nitrogen and oxygen atoms in total. The minimum atomic E-state index is -0.0267. The zero-order chi connectivity index (χ0) is 7.40. The number of benzene rings is 1. The van der Waals surface area contributed by atoms with Crippen LogP contribution in [0.2, 0.25) is 0 Å². The van der Waals surface area contributed by atoms with E-state index >= 15 is 0 Å². The zero-order valence-electron chi connectivity index (χ0n) is 5.83. The summed E-state index contributed by atoms with van der Waals surface area (Å²) in [7, 11) is 0. The van der Waals surface area contributed by atoms with Crippen molar-refractivity contribution in [3.8, 4) is 0 Å². The molecular weight excluding hydrogens is 122 g/mol. The average molecular weight is 133 g/mol. The molecule has 0 amide bonds. The van der Waals surface area contributed by atoms with E-state index in [0.717, 1.165) is 5.56 Å². The molecule has 0 fully saturated rings. The topological polar surface area (TPSA) is 26.0 Å². The summed E-state index contributed by atoms with van der Waals surface area (Å²) < 4.78 is 0. The maximum atomic E-state index is 5.68. The van der Waals surface area contributed by atoms with Crippen LogP contribution in [0.3, 0.4) is 0 Å². The maximum absolute atomic E-state index is 5.68. The van der Waals surface area contributed by atoms with Crippen LogP contribution < -0.4 is 5.73 Å². The van der Waals surface area contributed by atoms with Gasteiger partial charge in [0.05, 0.1) is 0 Å². The number of rotatable bonds is 2. The van der Waals surface area contributed by atoms with Crippen molar-refractivity contribution in [3.63, 3.8) is 0 Å². The second-order valence-electron chi connectivity index (χ2n) is 2.17. The minimum Gasteiger partial charge on any atom is -0.321 e. The highest BCUT2D eigenvalue weighted by atomic mass is 14.6. The largest absolute Gasteiger partial charge is 0.321 e. The lowest BCUT2D eigenvalue weighted by atomic mass is 10.1. The van der Waals surface area contributed by atoms with Crippen LogP contribution in [0.15, 0.2) is 43.0 Å². The van der Waals surface area contributed by atoms with Crippen molar-refractivity contribution in [1.29, 1.82) is 0 Å². The van der Waals surface area contributed by atoms with Crippen LogP contribution in [0.1, 0.15) is 11.6 Å². The summed E-state index contributed by atoms with van der Waals surface area (Å²) >= 11 is 0. The van der Waals surface area contributed by atoms with E-state index in [1.165, 1.54) is 0 Å². The van der Waals surface area contributed by atoms with Crippen molar-refractivity contribution >= 4 is 0 Å². The molecule has 0 aliphatic rings. The van der Waals surface area contributed by atoms with E-state index in [1.807, 2.05) is 30.3 Å². The third-order valence-electron chi connectivity index (χ3n) is 1.44. The molecule has 0 aliphatic carbocycles. The molecule has 10 heavy (non-hydrogen) atoms. The summed E-state index contributed by atoms with van der Waals surface area (Å²) in [4.78, 5) is 0. The van der Waals surface area contributed by atoms with E-state index in [4.69, 9.17) is 5.73 Å². The van der Waals surface area contributed by atoms with E-state index < -0.39 is 0 Å². The lowest BCUT2D eigenvalue weighted by molar-refractivity contribution is 0.914. The molecule has 1 heteroatoms. The lowest BCUT2D eigenvalue weighted by Crippen LogP contribution is -2.05. The molecule has 1 aromatic rings. The van der Waals surface area contributed by atoms with Gasteiger partial charge in [-0.1, -0.05) is 36.4 Å². The molecule has 0 aliphatic heterocycles. The molecular formula is C9H11N. The molecule has 0 saturated carbocycles. The van der Waals surface area contributed by atoms with Crippen LogP contribution in [0.5, 0.6) is 0 Å². The van der Waals surface area contributed by atoms with Gasteiger partial charge in [-0.3, -0.25) is 0 Å². The first-order chi connectivity index (χ1) is 4.84. The van der Waals surface area contributed by atoms with Crippen LogP contribution >= 0.6 is 0 Å². The van der Waals surface area contributed by atoms with Gasteiger partial charge in [0.25, 0.3) is 0 Å². The quantitative estimate of drug-likeness (QED) is 0.612. The SMILES string of the molecule is C=C[C@@H](N)c1ccccc1. The second kappa shape index (κ2) is 3.18. The fourth-order valence-corrected chi connectivity index (χ4v) is 0.811. The van der Waals surface area contributed by atoms with Crippen LogP contribution in [0, 0.1) is 0 Å². The zero-order valence-corrected chi connectivity index (χ0v) is 5.83. The van der Waals surface area contributed by atoms with Crippen LogP contribution in [0.25, 0.3) is 0 Å². The molecule has 0 radical (unpaired) electrons. The Hall–Kier alpha value is -1.08. The molecule has 0 heterocycles. The predicted octanol–water partition coefficient (Wildman–Crippen LogP) is 1.87. The Kier molecular flexibility index (Phi) is 2.24. The Morgan fingerprint density at radius 3 is 2.40 bits per heavy atom. The standard InChI is InChI=1S/C9H11N/c1-2-9(10)8-6-4-3-5-7-8/h2-7,9H,1,10H2/t9-/m1/s1. The Balaban J connectivity index is 2.84. The van der Waals surface area contributed by atoms with Gasteiger partial charge in [-0.2, -0.15) is 0 Å². The minimum absolute atomic E-state index is 0.0267. The van der Waals surface area contributed by atoms with E-state index in [-0.39, 0.29) is 6.04 Å². The molecule has 2 N–H and O–H groups in total. The van der Waals surface area contributed by atoms with Gasteiger partial charge in [-0.05, 0) is 5.56 Å². The van der Waals surface area contributed by atoms with Crippen LogP contribution in [-0.4, -0.2) is 0 Å². The first-order valence-corrected chi connectivity index (χ1v) is 3.27. The monoisotopic (exact) mass is 133 g/mol. The summed E-state index contributed by atoms with van der Waals surface area (Å²) in [6.07, 6.45) is 1.73. The molecule has 0 saturated heterocycles. The highest BCUT2D eigenvalue weighted by molar-refractivity contribution is 5.21. The molecule has 52 valence electrons. The van der Waals surface area contributed by atoms with Crippen molar-refractivity contribution in [2.45, 2.75) is 6.04 Å². The Morgan fingerprint density at radius 1 is 1.30 bits per heavy atom. The summed E-state index contributed by atoms with van der Waals surface area (Å²) in [6, 6.07) is 9.87. The lowest BCUT2D eigenvalue weighted by Gasteiger charge is -2.03. The van der Waals surface area contributed by atoms with E-state index in [2.05, 4.69) is 6.58 Å². The summed E-state index contributed by atoms with van der Waals surface area (Å²) in [5.41, 5.74) is 6.79. The van der Waals surface area contributed by atoms with Gasteiger partial charge in [0.2, 0.25) is 0 Å². The Bertz CT molecular complexity index is 203. The van der Waals surface area contributed by atoms with Crippen molar-refractivity contribution in [2.75, 3.05) is 0 Å². The highest BCUT2D eigenvalue weighted by Gasteiger charge is 1.96. The maximum Gasteiger partial charge on any atom is 0.0478 e. The number of hydrogen-bond donors (Lipinski definition) is 1. The van der Waals surface area contributed by atoms with Gasteiger partial charge in [0.1, 0.15) is 0 Å². The van der Waals surface area contributed by atoms with Gasteiger partial charge in [-0.15, -0.1) is 6.58 Å². The molecule has 0 unspecified atom stereocenters. The van der Waals surface area contributed by atoms with Gasteiger partial charge in [0, 0.05) is 6.04 Å². The summed E-state index contributed by atoms with van der Waals surface area (Å²) in [6.45, 7) is 3.61. The molecule has 0 aromatic heterocycles. The van der Waals surface area contributed by atoms with Gasteiger partial charge in [0.15, 0.2) is 0 Å². The fourth-order valence-electron chi connectivity index (χ4n) is 0.811. The van der Waals surface area contributed by atoms with Crippen molar-refractivity contribution < 1.29 is 0 Å². The van der Waals surface area contributed by atoms with E-state index in [1.54, 1.807) is 6.08 Å². The first kappa shape index (κ1) is 7.03. The molecule has 1 atom stereocenters. The van der Waals surface area contributed by atoms with Crippen molar-refractivity contribution in [1.82, 2.24) is 0 Å². The van der Waals surface area contributed by atoms with Crippen LogP contribution in [-0.2, 0) is 0 Å². The third-order valence-corrected chi connectivity index (χ3v) is 1.44. The van der Waals surface area contributed by atoms with Gasteiger partial charge < -0.3 is 5.73 Å². The average Bonchev–Trinajstić information content (AvgIpc) is 2.05. The molecule has 0 spiro atoms. The second-order valence-corrected chi connectivity index (χ2v) is 2.17. The number of nitrogens with two attached hydrogens (primary N) is 1. The van der Waals surface area contributed by atoms with Crippen molar-refractivity contribution in [2.24, 2.45) is 5.73 Å². The first-order valence-electron chi connectivity index (χ1n) is 3.27. The number of hydrogen-bond acceptors (Lipinski definition) is 1. The van der Waals surface area contributed by atoms with Crippen LogP contribution in [0.4, 0.5) is 0 Å². The van der Waals surface area contributed by atoms with Gasteiger partial charge in [-0.25, -0.2) is 0 Å². The van der Waals surface area contributed by atoms with Crippen molar-refractivity contribution in [3.05, 3.63) is 48.6 Å². The van der Waals surface area contributed by atoms with Gasteiger partial charge >= 0.3 is 0 Å². The smallest absolute Gasteiger partial charge is 0.0478 e. The van der Waals surface area contributed by atoms with E-state index in [9.17, 15) is 0 Å². The summed E-state index contributed by atoms with van der Waals surface area (Å²) in [5, 5.41) is 0. The molecule has 0 bridgehead atoms. The summed E-state index contributed by atoms with van der Waals surface area (Å²) in [5.74, 6) is 0. The molecule has 1 aromatic carbocycles. The van der Waals surface area contributed by atoms with E-state index in [0.29, 0.717) is 0 Å². The normalized spacial score (nSPS) is 12.5. The highest BCUT2D eigenvalue weighted by Crippen LogP contribution is 2.08. The molecule has 1 rings (SSSR count). The Morgan fingerprint density at radius 2 is 1.90 bits per heavy atom. The Labute approximate surface area is 61.2 Å².